The molecule has 148 valence electrons. The van der Waals surface area contributed by atoms with E-state index >= 15 is 0 Å². The van der Waals surface area contributed by atoms with E-state index < -0.39 is 0 Å². The number of H-pyrrole nitrogens is 1. The Balaban J connectivity index is 1.55. The molecular formula is C24H17BrN2O3. The number of benzene rings is 3. The van der Waals surface area contributed by atoms with Crippen LogP contribution in [0.25, 0.3) is 22.4 Å². The van der Waals surface area contributed by atoms with Gasteiger partial charge in [0, 0.05) is 27.6 Å². The quantitative estimate of drug-likeness (QED) is 0.290. The highest BCUT2D eigenvalue weighted by atomic mass is 79.9. The number of rotatable bonds is 5. The van der Waals surface area contributed by atoms with Gasteiger partial charge in [0.15, 0.2) is 11.6 Å². The lowest BCUT2D eigenvalue weighted by molar-refractivity contribution is 0.0980. The molecule has 4 aromatic rings. The number of ether oxygens (including phenoxy) is 1. The zero-order valence-electron chi connectivity index (χ0n) is 15.9. The fourth-order valence-electron chi connectivity index (χ4n) is 3.74. The molecule has 0 radical (unpaired) electrons. The second kappa shape index (κ2) is 7.54. The smallest absolute Gasteiger partial charge is 0.196 e. The van der Waals surface area contributed by atoms with Crippen molar-refractivity contribution in [1.82, 2.24) is 9.97 Å². The maximum Gasteiger partial charge on any atom is 0.196 e. The summed E-state index contributed by atoms with van der Waals surface area (Å²) in [5.41, 5.74) is 3.77. The standard InChI is InChI=1S/C24H17BrN2O3/c25-12-3-13-30-15-8-6-14(7-9-15)24-26-19-11-10-18-20(21(19)27-24)23(29)17-5-2-1-4-16(17)22(18)28/h1-2,4-11H,3,12-13H2,(H,26,27). The van der Waals surface area contributed by atoms with E-state index in [0.717, 1.165) is 28.6 Å². The number of halogens is 1. The number of nitrogens with one attached hydrogen (secondary N) is 1. The first kappa shape index (κ1) is 18.8. The highest BCUT2D eigenvalue weighted by molar-refractivity contribution is 9.09. The van der Waals surface area contributed by atoms with E-state index in [4.69, 9.17) is 4.74 Å². The van der Waals surface area contributed by atoms with Crippen molar-refractivity contribution >= 4 is 38.5 Å². The number of hydrogen-bond donors (Lipinski definition) is 1. The second-order valence-corrected chi connectivity index (χ2v) is 7.88. The Kier molecular flexibility index (Phi) is 4.71. The van der Waals surface area contributed by atoms with Crippen LogP contribution in [0.15, 0.2) is 60.7 Å². The molecular weight excluding hydrogens is 444 g/mol. The van der Waals surface area contributed by atoms with Gasteiger partial charge in [-0.15, -0.1) is 0 Å². The molecule has 0 atom stereocenters. The van der Waals surface area contributed by atoms with Gasteiger partial charge in [-0.05, 0) is 42.8 Å². The average molecular weight is 461 g/mol. The van der Waals surface area contributed by atoms with Gasteiger partial charge < -0.3 is 9.72 Å². The fourth-order valence-corrected chi connectivity index (χ4v) is 3.97. The van der Waals surface area contributed by atoms with Gasteiger partial charge in [0.1, 0.15) is 17.1 Å². The van der Waals surface area contributed by atoms with Crippen molar-refractivity contribution in [3.05, 3.63) is 82.9 Å². The van der Waals surface area contributed by atoms with E-state index in [0.29, 0.717) is 40.2 Å². The highest BCUT2D eigenvalue weighted by Crippen LogP contribution is 2.33. The van der Waals surface area contributed by atoms with Crippen molar-refractivity contribution in [1.29, 1.82) is 0 Å². The van der Waals surface area contributed by atoms with E-state index in [1.54, 1.807) is 30.3 Å². The van der Waals surface area contributed by atoms with Crippen molar-refractivity contribution in [3.63, 3.8) is 0 Å². The molecule has 0 bridgehead atoms. The van der Waals surface area contributed by atoms with Crippen LogP contribution in [-0.4, -0.2) is 33.5 Å². The molecule has 0 fully saturated rings. The minimum Gasteiger partial charge on any atom is -0.494 e. The minimum absolute atomic E-state index is 0.142. The molecule has 0 amide bonds. The Hall–Kier alpha value is -3.25. The minimum atomic E-state index is -0.167. The highest BCUT2D eigenvalue weighted by Gasteiger charge is 2.32. The van der Waals surface area contributed by atoms with Crippen molar-refractivity contribution in [2.45, 2.75) is 6.42 Å². The predicted octanol–water partition coefficient (Wildman–Crippen LogP) is 5.17. The van der Waals surface area contributed by atoms with Crippen molar-refractivity contribution in [2.75, 3.05) is 11.9 Å². The summed E-state index contributed by atoms with van der Waals surface area (Å²) in [6, 6.07) is 18.1. The molecule has 0 unspecified atom stereocenters. The van der Waals surface area contributed by atoms with Crippen LogP contribution in [0.1, 0.15) is 38.3 Å². The summed E-state index contributed by atoms with van der Waals surface area (Å²) in [5, 5.41) is 0.903. The van der Waals surface area contributed by atoms with Crippen LogP contribution in [0.5, 0.6) is 5.75 Å². The maximum absolute atomic E-state index is 13.2. The third-order valence-corrected chi connectivity index (χ3v) is 5.78. The zero-order chi connectivity index (χ0) is 20.7. The van der Waals surface area contributed by atoms with Crippen LogP contribution >= 0.6 is 15.9 Å². The van der Waals surface area contributed by atoms with Crippen molar-refractivity contribution < 1.29 is 14.3 Å². The largest absolute Gasteiger partial charge is 0.494 e. The van der Waals surface area contributed by atoms with Crippen LogP contribution in [0, 0.1) is 0 Å². The number of nitrogens with zero attached hydrogens (tertiary/aromatic N) is 1. The van der Waals surface area contributed by atoms with E-state index in [-0.39, 0.29) is 11.6 Å². The number of imidazole rings is 1. The number of carbonyl (C=O) groups is 2. The fraction of sp³-hybridized carbons (Fsp3) is 0.125. The Bertz CT molecular complexity index is 1290. The first-order valence-electron chi connectivity index (χ1n) is 9.67. The van der Waals surface area contributed by atoms with Gasteiger partial charge in [-0.1, -0.05) is 40.2 Å². The molecule has 1 aliphatic carbocycles. The van der Waals surface area contributed by atoms with Crippen LogP contribution in [0.2, 0.25) is 0 Å². The average Bonchev–Trinajstić information content (AvgIpc) is 3.22. The number of fused-ring (bicyclic) bond motifs is 4. The molecule has 5 nitrogen and oxygen atoms in total. The molecule has 30 heavy (non-hydrogen) atoms. The Morgan fingerprint density at radius 1 is 0.867 bits per heavy atom. The van der Waals surface area contributed by atoms with Crippen LogP contribution < -0.4 is 4.74 Å². The normalized spacial score (nSPS) is 12.7. The van der Waals surface area contributed by atoms with Crippen LogP contribution in [-0.2, 0) is 0 Å². The molecule has 0 spiro atoms. The van der Waals surface area contributed by atoms with Crippen LogP contribution in [0.4, 0.5) is 0 Å². The monoisotopic (exact) mass is 460 g/mol. The van der Waals surface area contributed by atoms with Crippen LogP contribution in [0.3, 0.4) is 0 Å². The summed E-state index contributed by atoms with van der Waals surface area (Å²) in [6.07, 6.45) is 0.937. The molecule has 0 saturated heterocycles. The third kappa shape index (κ3) is 3.04. The van der Waals surface area contributed by atoms with Gasteiger partial charge in [-0.3, -0.25) is 9.59 Å². The van der Waals surface area contributed by atoms with Gasteiger partial charge in [-0.2, -0.15) is 0 Å². The number of aromatic nitrogens is 2. The summed E-state index contributed by atoms with van der Waals surface area (Å²) < 4.78 is 5.69. The van der Waals surface area contributed by atoms with E-state index in [1.165, 1.54) is 0 Å². The zero-order valence-corrected chi connectivity index (χ0v) is 17.5. The van der Waals surface area contributed by atoms with Gasteiger partial charge in [0.05, 0.1) is 17.7 Å². The number of hydrogen-bond acceptors (Lipinski definition) is 4. The predicted molar refractivity (Wildman–Crippen MR) is 119 cm³/mol. The number of alkyl halides is 1. The SMILES string of the molecule is O=C1c2ccccc2C(=O)c2c1ccc1[nH]c(-c3ccc(OCCCBr)cc3)nc21. The Morgan fingerprint density at radius 2 is 1.60 bits per heavy atom. The molecule has 1 heterocycles. The summed E-state index contributed by atoms with van der Waals surface area (Å²) in [4.78, 5) is 34.0. The molecule has 0 saturated carbocycles. The lowest BCUT2D eigenvalue weighted by Crippen LogP contribution is -2.21. The van der Waals surface area contributed by atoms with E-state index in [1.807, 2.05) is 30.3 Å². The topological polar surface area (TPSA) is 72.0 Å². The Labute approximate surface area is 181 Å². The van der Waals surface area contributed by atoms with Gasteiger partial charge in [0.2, 0.25) is 0 Å². The van der Waals surface area contributed by atoms with Crippen molar-refractivity contribution in [3.8, 4) is 17.1 Å². The van der Waals surface area contributed by atoms with E-state index in [9.17, 15) is 9.59 Å². The summed E-state index contributed by atoms with van der Waals surface area (Å²) in [5.74, 6) is 1.13. The molecule has 1 aromatic heterocycles. The number of aromatic amines is 1. The van der Waals surface area contributed by atoms with E-state index in [2.05, 4.69) is 25.9 Å². The summed E-state index contributed by atoms with van der Waals surface area (Å²) in [6.45, 7) is 0.652. The first-order valence-corrected chi connectivity index (χ1v) is 10.8. The molecule has 3 aromatic carbocycles. The second-order valence-electron chi connectivity index (χ2n) is 7.09. The summed E-state index contributed by atoms with van der Waals surface area (Å²) >= 11 is 3.39. The van der Waals surface area contributed by atoms with Gasteiger partial charge >= 0.3 is 0 Å². The van der Waals surface area contributed by atoms with Crippen molar-refractivity contribution in [2.24, 2.45) is 0 Å². The molecule has 6 heteroatoms. The molecule has 1 N–H and O–H groups in total. The maximum atomic E-state index is 13.2. The summed E-state index contributed by atoms with van der Waals surface area (Å²) in [7, 11) is 0. The lowest BCUT2D eigenvalue weighted by Gasteiger charge is -2.17. The third-order valence-electron chi connectivity index (χ3n) is 5.22. The number of ketones is 2. The molecule has 0 aliphatic heterocycles. The lowest BCUT2D eigenvalue weighted by atomic mass is 9.83. The van der Waals surface area contributed by atoms with Gasteiger partial charge in [-0.25, -0.2) is 4.98 Å². The van der Waals surface area contributed by atoms with Gasteiger partial charge in [0.25, 0.3) is 0 Å². The number of carbonyl (C=O) groups excluding carboxylic acids is 2. The molecule has 1 aliphatic rings. The first-order chi connectivity index (χ1) is 14.7. The molecule has 5 rings (SSSR count). The Morgan fingerprint density at radius 3 is 2.33 bits per heavy atom.